The van der Waals surface area contributed by atoms with E-state index in [4.69, 9.17) is 29.6 Å². The van der Waals surface area contributed by atoms with Crippen molar-refractivity contribution in [2.24, 2.45) is 7.05 Å². The number of anilines is 1. The number of nitrogens with zero attached hydrogens (tertiary/aromatic N) is 2. The summed E-state index contributed by atoms with van der Waals surface area (Å²) in [6, 6.07) is 0. The van der Waals surface area contributed by atoms with Gasteiger partial charge in [-0.15, -0.1) is 0 Å². The SMILES string of the molecule is Cn1ncc(N)c(Cl)c1=S. The summed E-state index contributed by atoms with van der Waals surface area (Å²) in [5, 5.41) is 4.24. The number of aromatic nitrogens is 2. The highest BCUT2D eigenvalue weighted by atomic mass is 35.5. The van der Waals surface area contributed by atoms with Gasteiger partial charge in [-0.1, -0.05) is 23.8 Å². The van der Waals surface area contributed by atoms with E-state index in [1.807, 2.05) is 0 Å². The van der Waals surface area contributed by atoms with Crippen molar-refractivity contribution in [3.8, 4) is 0 Å². The van der Waals surface area contributed by atoms with Crippen LogP contribution in [-0.2, 0) is 7.05 Å². The molecule has 1 rings (SSSR count). The highest BCUT2D eigenvalue weighted by molar-refractivity contribution is 7.71. The standard InChI is InChI=1S/C5H6ClN3S/c1-9-5(10)4(6)3(7)2-8-9/h2H,7H2,1H3. The Balaban J connectivity index is 3.50. The van der Waals surface area contributed by atoms with E-state index in [0.29, 0.717) is 15.4 Å². The molecule has 1 aromatic heterocycles. The zero-order valence-electron chi connectivity index (χ0n) is 5.34. The Kier molecular flexibility index (Phi) is 1.92. The van der Waals surface area contributed by atoms with Gasteiger partial charge >= 0.3 is 0 Å². The lowest BCUT2D eigenvalue weighted by atomic mass is 10.5. The molecule has 0 aliphatic carbocycles. The van der Waals surface area contributed by atoms with Crippen LogP contribution in [0.25, 0.3) is 0 Å². The van der Waals surface area contributed by atoms with Gasteiger partial charge in [0, 0.05) is 7.05 Å². The first-order valence-electron chi connectivity index (χ1n) is 2.60. The van der Waals surface area contributed by atoms with Gasteiger partial charge in [0.2, 0.25) is 0 Å². The smallest absolute Gasteiger partial charge is 0.142 e. The second kappa shape index (κ2) is 2.56. The summed E-state index contributed by atoms with van der Waals surface area (Å²) < 4.78 is 1.95. The summed E-state index contributed by atoms with van der Waals surface area (Å²) in [5.74, 6) is 0. The molecule has 0 bridgehead atoms. The van der Waals surface area contributed by atoms with Crippen molar-refractivity contribution in [2.45, 2.75) is 0 Å². The predicted molar refractivity (Wildman–Crippen MR) is 43.5 cm³/mol. The molecular weight excluding hydrogens is 170 g/mol. The fraction of sp³-hybridized carbons (Fsp3) is 0.200. The predicted octanol–water partition coefficient (Wildman–Crippen LogP) is 1.39. The lowest BCUT2D eigenvalue weighted by Crippen LogP contribution is -2.00. The molecule has 0 saturated heterocycles. The molecular formula is C5H6ClN3S. The summed E-state index contributed by atoms with van der Waals surface area (Å²) in [5.41, 5.74) is 5.84. The van der Waals surface area contributed by atoms with Crippen LogP contribution in [0.15, 0.2) is 6.20 Å². The van der Waals surface area contributed by atoms with Gasteiger partial charge in [0.05, 0.1) is 11.9 Å². The Morgan fingerprint density at radius 3 is 2.90 bits per heavy atom. The van der Waals surface area contributed by atoms with Crippen LogP contribution in [0, 0.1) is 4.64 Å². The molecule has 0 atom stereocenters. The van der Waals surface area contributed by atoms with E-state index in [9.17, 15) is 0 Å². The number of nitrogen functional groups attached to an aromatic ring is 1. The van der Waals surface area contributed by atoms with Gasteiger partial charge in [0.25, 0.3) is 0 Å². The molecule has 0 amide bonds. The van der Waals surface area contributed by atoms with E-state index in [2.05, 4.69) is 5.10 Å². The lowest BCUT2D eigenvalue weighted by molar-refractivity contribution is 0.728. The van der Waals surface area contributed by atoms with Gasteiger partial charge < -0.3 is 5.73 Å². The number of rotatable bonds is 0. The topological polar surface area (TPSA) is 43.8 Å². The number of hydrogen-bond donors (Lipinski definition) is 1. The van der Waals surface area contributed by atoms with Crippen LogP contribution in [0.5, 0.6) is 0 Å². The summed E-state index contributed by atoms with van der Waals surface area (Å²) in [6.45, 7) is 0. The minimum atomic E-state index is 0.396. The number of halogens is 1. The number of hydrogen-bond acceptors (Lipinski definition) is 3. The molecule has 0 aliphatic rings. The van der Waals surface area contributed by atoms with E-state index >= 15 is 0 Å². The lowest BCUT2D eigenvalue weighted by Gasteiger charge is -1.99. The Morgan fingerprint density at radius 1 is 1.80 bits per heavy atom. The van der Waals surface area contributed by atoms with Crippen LogP contribution in [-0.4, -0.2) is 9.78 Å². The maximum atomic E-state index is 5.69. The molecule has 3 nitrogen and oxygen atoms in total. The largest absolute Gasteiger partial charge is 0.396 e. The summed E-state index contributed by atoms with van der Waals surface area (Å²) in [6.07, 6.45) is 1.47. The Morgan fingerprint density at radius 2 is 2.40 bits per heavy atom. The van der Waals surface area contributed by atoms with E-state index in [1.54, 1.807) is 7.05 Å². The van der Waals surface area contributed by atoms with Crippen molar-refractivity contribution in [1.82, 2.24) is 9.78 Å². The van der Waals surface area contributed by atoms with Crippen molar-refractivity contribution in [2.75, 3.05) is 5.73 Å². The molecule has 0 unspecified atom stereocenters. The third-order valence-corrected chi connectivity index (χ3v) is 2.08. The second-order valence-electron chi connectivity index (χ2n) is 1.84. The minimum absolute atomic E-state index is 0.396. The molecule has 10 heavy (non-hydrogen) atoms. The van der Waals surface area contributed by atoms with Crippen molar-refractivity contribution >= 4 is 29.5 Å². The third-order valence-electron chi connectivity index (χ3n) is 1.11. The van der Waals surface area contributed by atoms with Crippen LogP contribution in [0.4, 0.5) is 5.69 Å². The quantitative estimate of drug-likeness (QED) is 0.606. The maximum absolute atomic E-state index is 5.69. The fourth-order valence-corrected chi connectivity index (χ4v) is 0.860. The fourth-order valence-electron chi connectivity index (χ4n) is 0.523. The molecule has 0 fully saturated rings. The average Bonchev–Trinajstić information content (AvgIpc) is 1.93. The summed E-state index contributed by atoms with van der Waals surface area (Å²) in [7, 11) is 1.72. The first-order valence-corrected chi connectivity index (χ1v) is 3.39. The van der Waals surface area contributed by atoms with Crippen LogP contribution in [0.3, 0.4) is 0 Å². The third kappa shape index (κ3) is 1.12. The summed E-state index contributed by atoms with van der Waals surface area (Å²) in [4.78, 5) is 0. The first kappa shape index (κ1) is 7.50. The van der Waals surface area contributed by atoms with Gasteiger partial charge in [0.1, 0.15) is 9.66 Å². The zero-order chi connectivity index (χ0) is 7.72. The Bertz CT molecular complexity index is 306. The maximum Gasteiger partial charge on any atom is 0.142 e. The average molecular weight is 176 g/mol. The number of nitrogens with two attached hydrogens (primary N) is 1. The van der Waals surface area contributed by atoms with Crippen LogP contribution < -0.4 is 5.73 Å². The van der Waals surface area contributed by atoms with Gasteiger partial charge in [-0.3, -0.25) is 4.68 Å². The van der Waals surface area contributed by atoms with Gasteiger partial charge in [-0.25, -0.2) is 0 Å². The van der Waals surface area contributed by atoms with Crippen molar-refractivity contribution in [3.63, 3.8) is 0 Å². The molecule has 0 spiro atoms. The normalized spacial score (nSPS) is 9.80. The van der Waals surface area contributed by atoms with E-state index in [-0.39, 0.29) is 0 Å². The molecule has 0 aliphatic heterocycles. The second-order valence-corrected chi connectivity index (χ2v) is 2.61. The highest BCUT2D eigenvalue weighted by Gasteiger charge is 1.98. The molecule has 0 saturated carbocycles. The Hall–Kier alpha value is -0.610. The Labute approximate surface area is 68.4 Å². The monoisotopic (exact) mass is 175 g/mol. The van der Waals surface area contributed by atoms with Gasteiger partial charge in [-0.05, 0) is 0 Å². The van der Waals surface area contributed by atoms with E-state index in [0.717, 1.165) is 0 Å². The van der Waals surface area contributed by atoms with Crippen LogP contribution in [0.2, 0.25) is 5.02 Å². The molecule has 54 valence electrons. The van der Waals surface area contributed by atoms with Crippen molar-refractivity contribution < 1.29 is 0 Å². The molecule has 1 aromatic rings. The zero-order valence-corrected chi connectivity index (χ0v) is 6.91. The minimum Gasteiger partial charge on any atom is -0.396 e. The molecule has 1 heterocycles. The van der Waals surface area contributed by atoms with Gasteiger partial charge in [-0.2, -0.15) is 5.10 Å². The van der Waals surface area contributed by atoms with E-state index < -0.39 is 0 Å². The molecule has 0 radical (unpaired) electrons. The van der Waals surface area contributed by atoms with E-state index in [1.165, 1.54) is 10.9 Å². The van der Waals surface area contributed by atoms with Gasteiger partial charge in [0.15, 0.2) is 0 Å². The summed E-state index contributed by atoms with van der Waals surface area (Å²) >= 11 is 10.6. The van der Waals surface area contributed by atoms with Crippen molar-refractivity contribution in [1.29, 1.82) is 0 Å². The van der Waals surface area contributed by atoms with Crippen LogP contribution >= 0.6 is 23.8 Å². The molecule has 5 heteroatoms. The highest BCUT2D eigenvalue weighted by Crippen LogP contribution is 2.16. The van der Waals surface area contributed by atoms with Crippen molar-refractivity contribution in [3.05, 3.63) is 15.9 Å². The molecule has 0 aromatic carbocycles. The first-order chi connectivity index (χ1) is 4.63. The number of aryl methyl sites for hydroxylation is 1. The van der Waals surface area contributed by atoms with Crippen LogP contribution in [0.1, 0.15) is 0 Å². The molecule has 2 N–H and O–H groups in total.